The lowest BCUT2D eigenvalue weighted by Crippen LogP contribution is -2.25. The Morgan fingerprint density at radius 2 is 1.22 bits per heavy atom. The first-order chi connectivity index (χ1) is 16.9. The van der Waals surface area contributed by atoms with Crippen molar-refractivity contribution in [2.75, 3.05) is 47.4 Å². The van der Waals surface area contributed by atoms with Crippen molar-refractivity contribution in [3.8, 4) is 11.5 Å². The number of nitrogens with two attached hydrogens (primary N) is 2. The van der Waals surface area contributed by atoms with Crippen LogP contribution in [-0.4, -0.2) is 37.3 Å². The molecule has 0 amide bonds. The number of carboxylic acids is 1. The zero-order valence-corrected chi connectivity index (χ0v) is 22.1. The molecule has 0 aromatic heterocycles. The molecule has 0 atom stereocenters. The van der Waals surface area contributed by atoms with Gasteiger partial charge in [0.2, 0.25) is 0 Å². The maximum Gasteiger partial charge on any atom is 0.335 e. The lowest BCUT2D eigenvalue weighted by molar-refractivity contribution is 0.0695. The number of hydrogen-bond acceptors (Lipinski definition) is 6. The molecule has 8 heteroatoms. The number of benzene rings is 3. The highest BCUT2D eigenvalue weighted by Crippen LogP contribution is 2.55. The van der Waals surface area contributed by atoms with Crippen molar-refractivity contribution >= 4 is 41.1 Å². The first kappa shape index (κ1) is 27.0. The average Bonchev–Trinajstić information content (AvgIpc) is 2.87. The summed E-state index contributed by atoms with van der Waals surface area (Å²) in [6, 6.07) is 15.1. The highest BCUT2D eigenvalue weighted by Gasteiger charge is 2.35. The summed E-state index contributed by atoms with van der Waals surface area (Å²) in [4.78, 5) is 16.5. The van der Waals surface area contributed by atoms with E-state index in [1.165, 1.54) is 0 Å². The Hall–Kier alpha value is -3.58. The van der Waals surface area contributed by atoms with Crippen LogP contribution in [0.1, 0.15) is 60.7 Å². The first-order valence-electron chi connectivity index (χ1n) is 12.2. The van der Waals surface area contributed by atoms with Crippen LogP contribution in [0.5, 0.6) is 11.5 Å². The molecule has 1 aliphatic rings. The minimum absolute atomic E-state index is 0. The second kappa shape index (κ2) is 11.0. The predicted molar refractivity (Wildman–Crippen MR) is 150 cm³/mol. The van der Waals surface area contributed by atoms with Gasteiger partial charge in [0.25, 0.3) is 0 Å². The fourth-order valence-corrected chi connectivity index (χ4v) is 5.12. The summed E-state index contributed by atoms with van der Waals surface area (Å²) in [5, 5.41) is 9.97. The van der Waals surface area contributed by atoms with Crippen molar-refractivity contribution in [3.63, 3.8) is 0 Å². The molecule has 0 spiro atoms. The Labute approximate surface area is 219 Å². The van der Waals surface area contributed by atoms with Gasteiger partial charge in [-0.15, -0.1) is 12.4 Å². The van der Waals surface area contributed by atoms with Crippen molar-refractivity contribution < 1.29 is 14.6 Å². The molecule has 7 nitrogen and oxygen atoms in total. The number of aromatic carboxylic acids is 1. The number of carbonyl (C=O) groups is 1. The largest absolute Gasteiger partial charge is 0.478 e. The Morgan fingerprint density at radius 3 is 1.64 bits per heavy atom. The fourth-order valence-electron chi connectivity index (χ4n) is 5.12. The van der Waals surface area contributed by atoms with Gasteiger partial charge in [0.05, 0.1) is 28.3 Å². The van der Waals surface area contributed by atoms with E-state index in [1.807, 2.05) is 36.4 Å². The number of nitrogen functional groups attached to an aromatic ring is 2. The van der Waals surface area contributed by atoms with E-state index in [0.29, 0.717) is 28.4 Å². The number of fused-ring (bicyclic) bond motifs is 2. The normalized spacial score (nSPS) is 12.1. The van der Waals surface area contributed by atoms with Gasteiger partial charge in [-0.05, 0) is 51.5 Å². The molecular weight excluding hydrogens is 476 g/mol. The summed E-state index contributed by atoms with van der Waals surface area (Å²) < 4.78 is 6.50. The minimum Gasteiger partial charge on any atom is -0.478 e. The number of carboxylic acid groups (broad SMARTS) is 1. The molecule has 0 saturated carbocycles. The molecule has 3 aromatic carbocycles. The lowest BCUT2D eigenvalue weighted by atomic mass is 9.79. The van der Waals surface area contributed by atoms with Crippen LogP contribution < -0.4 is 26.0 Å². The van der Waals surface area contributed by atoms with Crippen LogP contribution in [-0.2, 0) is 0 Å². The van der Waals surface area contributed by atoms with E-state index in [4.69, 9.17) is 16.2 Å². The molecule has 4 rings (SSSR count). The van der Waals surface area contributed by atoms with Gasteiger partial charge in [0.1, 0.15) is 0 Å². The van der Waals surface area contributed by atoms with Crippen molar-refractivity contribution in [3.05, 3.63) is 70.8 Å². The summed E-state index contributed by atoms with van der Waals surface area (Å²) in [5.74, 6) is -0.288. The van der Waals surface area contributed by atoms with Gasteiger partial charge >= 0.3 is 5.97 Å². The van der Waals surface area contributed by atoms with Crippen LogP contribution in [0, 0.1) is 0 Å². The van der Waals surface area contributed by atoms with E-state index in [1.54, 1.807) is 12.1 Å². The van der Waals surface area contributed by atoms with E-state index >= 15 is 0 Å². The number of halogens is 1. The molecule has 0 bridgehead atoms. The van der Waals surface area contributed by atoms with Crippen LogP contribution in [0.15, 0.2) is 48.5 Å². The van der Waals surface area contributed by atoms with Crippen molar-refractivity contribution in [2.24, 2.45) is 0 Å². The van der Waals surface area contributed by atoms with E-state index in [-0.39, 0.29) is 23.9 Å². The Bertz CT molecular complexity index is 1190. The molecule has 5 N–H and O–H groups in total. The van der Waals surface area contributed by atoms with Gasteiger partial charge in [0.15, 0.2) is 11.5 Å². The topological polar surface area (TPSA) is 105 Å². The maximum atomic E-state index is 12.2. The molecule has 192 valence electrons. The van der Waals surface area contributed by atoms with Crippen LogP contribution in [0.3, 0.4) is 0 Å². The first-order valence-corrected chi connectivity index (χ1v) is 12.2. The van der Waals surface area contributed by atoms with Crippen LogP contribution in [0.4, 0.5) is 22.7 Å². The van der Waals surface area contributed by atoms with Crippen molar-refractivity contribution in [2.45, 2.75) is 33.6 Å². The second-order valence-corrected chi connectivity index (χ2v) is 8.61. The average molecular weight is 511 g/mol. The Morgan fingerprint density at radius 1 is 0.778 bits per heavy atom. The molecule has 1 aliphatic heterocycles. The van der Waals surface area contributed by atoms with Crippen LogP contribution in [0.25, 0.3) is 0 Å². The van der Waals surface area contributed by atoms with Crippen LogP contribution >= 0.6 is 12.4 Å². The monoisotopic (exact) mass is 510 g/mol. The number of rotatable bonds is 8. The van der Waals surface area contributed by atoms with Gasteiger partial charge in [-0.1, -0.05) is 30.3 Å². The summed E-state index contributed by atoms with van der Waals surface area (Å²) in [7, 11) is 0. The summed E-state index contributed by atoms with van der Waals surface area (Å²) >= 11 is 0. The lowest BCUT2D eigenvalue weighted by Gasteiger charge is -2.34. The molecule has 0 aliphatic carbocycles. The van der Waals surface area contributed by atoms with Crippen LogP contribution in [0.2, 0.25) is 0 Å². The SMILES string of the molecule is CCN(CC)c1ccc2c(c1N)Oc1c(ccc(N(CC)CC)c1N)C2c1ccccc1C(=O)O.Cl. The quantitative estimate of drug-likeness (QED) is 0.251. The van der Waals surface area contributed by atoms with E-state index in [9.17, 15) is 9.90 Å². The molecule has 1 heterocycles. The number of nitrogens with zero attached hydrogens (tertiary/aromatic N) is 2. The van der Waals surface area contributed by atoms with Gasteiger partial charge in [0, 0.05) is 43.2 Å². The minimum atomic E-state index is -0.976. The van der Waals surface area contributed by atoms with E-state index in [2.05, 4.69) is 37.5 Å². The van der Waals surface area contributed by atoms with Gasteiger partial charge in [-0.25, -0.2) is 4.79 Å². The molecular formula is C28H35ClN4O3. The van der Waals surface area contributed by atoms with Crippen molar-refractivity contribution in [1.29, 1.82) is 0 Å². The number of anilines is 4. The molecule has 36 heavy (non-hydrogen) atoms. The highest BCUT2D eigenvalue weighted by atomic mass is 35.5. The molecule has 0 unspecified atom stereocenters. The zero-order valence-electron chi connectivity index (χ0n) is 21.2. The third-order valence-electron chi connectivity index (χ3n) is 6.94. The third kappa shape index (κ3) is 4.39. The number of hydrogen-bond donors (Lipinski definition) is 3. The maximum absolute atomic E-state index is 12.2. The fraction of sp³-hybridized carbons (Fsp3) is 0.321. The summed E-state index contributed by atoms with van der Waals surface area (Å²) in [5.41, 5.74) is 18.9. The molecule has 3 aromatic rings. The Balaban J connectivity index is 0.00000361. The summed E-state index contributed by atoms with van der Waals surface area (Å²) in [6.07, 6.45) is 0. The van der Waals surface area contributed by atoms with Gasteiger partial charge in [-0.2, -0.15) is 0 Å². The second-order valence-electron chi connectivity index (χ2n) is 8.61. The van der Waals surface area contributed by atoms with Gasteiger partial charge < -0.3 is 31.1 Å². The molecule has 0 saturated heterocycles. The Kier molecular flexibility index (Phi) is 8.25. The smallest absolute Gasteiger partial charge is 0.335 e. The zero-order chi connectivity index (χ0) is 25.3. The number of ether oxygens (including phenoxy) is 1. The third-order valence-corrected chi connectivity index (χ3v) is 6.94. The highest BCUT2D eigenvalue weighted by molar-refractivity contribution is 5.91. The predicted octanol–water partition coefficient (Wildman–Crippen LogP) is 5.95. The summed E-state index contributed by atoms with van der Waals surface area (Å²) in [6.45, 7) is 11.5. The standard InChI is InChI=1S/C28H34N4O3.ClH/c1-5-31(6-2)21-15-13-19-23(17-11-9-10-12-18(17)28(33)34)20-14-16-22(32(7-3)8-4)25(30)27(20)35-26(19)24(21)29;/h9-16,23H,5-8,29-30H2,1-4H3,(H,33,34);1H. The van der Waals surface area contributed by atoms with E-state index < -0.39 is 5.97 Å². The molecule has 0 radical (unpaired) electrons. The molecule has 0 fully saturated rings. The van der Waals surface area contributed by atoms with Gasteiger partial charge in [-0.3, -0.25) is 0 Å². The van der Waals surface area contributed by atoms with Crippen molar-refractivity contribution in [1.82, 2.24) is 0 Å². The van der Waals surface area contributed by atoms with E-state index in [0.717, 1.165) is 48.7 Å².